The highest BCUT2D eigenvalue weighted by molar-refractivity contribution is 5.98. The van der Waals surface area contributed by atoms with Crippen LogP contribution in [0.2, 0.25) is 0 Å². The first-order valence-corrected chi connectivity index (χ1v) is 7.02. The lowest BCUT2D eigenvalue weighted by molar-refractivity contribution is 0.0549. The Hall–Kier alpha value is -1.19. The van der Waals surface area contributed by atoms with E-state index >= 15 is 0 Å². The van der Waals surface area contributed by atoms with Crippen LogP contribution in [0.25, 0.3) is 0 Å². The van der Waals surface area contributed by atoms with Crippen LogP contribution in [-0.4, -0.2) is 44.0 Å². The summed E-state index contributed by atoms with van der Waals surface area (Å²) in [6, 6.07) is 7.81. The molecule has 3 nitrogen and oxygen atoms in total. The lowest BCUT2D eigenvalue weighted by Gasteiger charge is -2.26. The molecule has 0 saturated carbocycles. The molecule has 1 aromatic rings. The van der Waals surface area contributed by atoms with E-state index in [-0.39, 0.29) is 5.78 Å². The Labute approximate surface area is 115 Å². The summed E-state index contributed by atoms with van der Waals surface area (Å²) in [5.41, 5.74) is 1.91. The van der Waals surface area contributed by atoms with Gasteiger partial charge in [-0.25, -0.2) is 0 Å². The summed E-state index contributed by atoms with van der Waals surface area (Å²) in [5, 5.41) is 0. The minimum atomic E-state index is 0.215. The van der Waals surface area contributed by atoms with Gasteiger partial charge < -0.3 is 4.74 Å². The number of benzene rings is 1. The summed E-state index contributed by atoms with van der Waals surface area (Å²) in [6.45, 7) is 5.21. The van der Waals surface area contributed by atoms with Crippen LogP contribution in [0, 0.1) is 12.8 Å². The van der Waals surface area contributed by atoms with Gasteiger partial charge in [-0.15, -0.1) is 0 Å². The highest BCUT2D eigenvalue weighted by Gasteiger charge is 2.18. The van der Waals surface area contributed by atoms with Gasteiger partial charge in [0.1, 0.15) is 0 Å². The van der Waals surface area contributed by atoms with Crippen molar-refractivity contribution in [3.8, 4) is 0 Å². The van der Waals surface area contributed by atoms with Gasteiger partial charge in [-0.1, -0.05) is 24.3 Å². The predicted molar refractivity (Wildman–Crippen MR) is 76.5 cm³/mol. The Kier molecular flexibility index (Phi) is 5.11. The number of Topliss-reactive ketones (excluding diaryl/α,β-unsaturated/α-hetero) is 1. The Balaban J connectivity index is 1.86. The number of likely N-dealkylation sites (N-methyl/N-ethyl adjacent to an activating group) is 1. The third-order valence-electron chi connectivity index (χ3n) is 3.77. The molecule has 0 N–H and O–H groups in total. The van der Waals surface area contributed by atoms with Gasteiger partial charge in [0, 0.05) is 25.3 Å². The monoisotopic (exact) mass is 261 g/mol. The van der Waals surface area contributed by atoms with E-state index in [1.54, 1.807) is 0 Å². The first kappa shape index (κ1) is 14.2. The molecule has 0 aliphatic carbocycles. The Morgan fingerprint density at radius 2 is 2.00 bits per heavy atom. The number of ether oxygens (including phenoxy) is 1. The molecule has 1 heterocycles. The molecule has 0 atom stereocenters. The zero-order valence-electron chi connectivity index (χ0n) is 11.9. The minimum Gasteiger partial charge on any atom is -0.381 e. The summed E-state index contributed by atoms with van der Waals surface area (Å²) in [5.74, 6) is 0.885. The fraction of sp³-hybridized carbons (Fsp3) is 0.562. The minimum absolute atomic E-state index is 0.215. The van der Waals surface area contributed by atoms with Crippen molar-refractivity contribution in [1.82, 2.24) is 4.90 Å². The van der Waals surface area contributed by atoms with Crippen molar-refractivity contribution in [2.75, 3.05) is 33.4 Å². The van der Waals surface area contributed by atoms with Crippen molar-refractivity contribution in [3.05, 3.63) is 35.4 Å². The predicted octanol–water partition coefficient (Wildman–Crippen LogP) is 2.54. The lowest BCUT2D eigenvalue weighted by atomic mass is 9.99. The zero-order valence-corrected chi connectivity index (χ0v) is 11.9. The molecular weight excluding hydrogens is 238 g/mol. The molecule has 0 spiro atoms. The topological polar surface area (TPSA) is 29.5 Å². The van der Waals surface area contributed by atoms with Gasteiger partial charge in [0.05, 0.1) is 6.54 Å². The Morgan fingerprint density at radius 3 is 2.68 bits per heavy atom. The van der Waals surface area contributed by atoms with Crippen molar-refractivity contribution in [2.24, 2.45) is 5.92 Å². The second-order valence-corrected chi connectivity index (χ2v) is 5.49. The number of hydrogen-bond donors (Lipinski definition) is 0. The first-order chi connectivity index (χ1) is 9.16. The standard InChI is InChI=1S/C16H23NO2/c1-13-5-3-4-6-15(13)16(18)12-17(2)11-14-7-9-19-10-8-14/h3-6,14H,7-12H2,1-2H3. The van der Waals surface area contributed by atoms with Crippen LogP contribution in [0.5, 0.6) is 0 Å². The molecule has 0 bridgehead atoms. The average Bonchev–Trinajstić information content (AvgIpc) is 2.40. The third kappa shape index (κ3) is 4.15. The largest absolute Gasteiger partial charge is 0.381 e. The quantitative estimate of drug-likeness (QED) is 0.763. The third-order valence-corrected chi connectivity index (χ3v) is 3.77. The molecule has 2 rings (SSSR count). The molecular formula is C16H23NO2. The number of hydrogen-bond acceptors (Lipinski definition) is 3. The first-order valence-electron chi connectivity index (χ1n) is 7.02. The number of carbonyl (C=O) groups is 1. The van der Waals surface area contributed by atoms with Crippen LogP contribution in [0.1, 0.15) is 28.8 Å². The van der Waals surface area contributed by atoms with Crippen LogP contribution in [-0.2, 0) is 4.74 Å². The normalized spacial score (nSPS) is 16.8. The average molecular weight is 261 g/mol. The van der Waals surface area contributed by atoms with Gasteiger partial charge >= 0.3 is 0 Å². The van der Waals surface area contributed by atoms with Crippen molar-refractivity contribution in [3.63, 3.8) is 0 Å². The molecule has 0 unspecified atom stereocenters. The highest BCUT2D eigenvalue weighted by Crippen LogP contribution is 2.16. The van der Waals surface area contributed by atoms with E-state index in [4.69, 9.17) is 4.74 Å². The molecule has 3 heteroatoms. The summed E-state index contributed by atoms with van der Waals surface area (Å²) < 4.78 is 5.36. The number of rotatable bonds is 5. The van der Waals surface area contributed by atoms with E-state index < -0.39 is 0 Å². The van der Waals surface area contributed by atoms with Crippen molar-refractivity contribution < 1.29 is 9.53 Å². The second-order valence-electron chi connectivity index (χ2n) is 5.49. The SMILES string of the molecule is Cc1ccccc1C(=O)CN(C)CC1CCOCC1. The Bertz CT molecular complexity index is 425. The molecule has 1 aromatic carbocycles. The van der Waals surface area contributed by atoms with Crippen LogP contribution < -0.4 is 0 Å². The van der Waals surface area contributed by atoms with Gasteiger partial charge in [-0.3, -0.25) is 9.69 Å². The molecule has 1 saturated heterocycles. The van der Waals surface area contributed by atoms with E-state index in [0.29, 0.717) is 12.5 Å². The second kappa shape index (κ2) is 6.83. The van der Waals surface area contributed by atoms with E-state index in [2.05, 4.69) is 4.90 Å². The van der Waals surface area contributed by atoms with Gasteiger partial charge in [-0.2, -0.15) is 0 Å². The summed E-state index contributed by atoms with van der Waals surface area (Å²) in [6.07, 6.45) is 2.23. The maximum atomic E-state index is 12.3. The van der Waals surface area contributed by atoms with Crippen molar-refractivity contribution in [1.29, 1.82) is 0 Å². The number of nitrogens with zero attached hydrogens (tertiary/aromatic N) is 1. The lowest BCUT2D eigenvalue weighted by Crippen LogP contribution is -2.33. The van der Waals surface area contributed by atoms with E-state index in [1.807, 2.05) is 38.2 Å². The molecule has 1 aliphatic heterocycles. The van der Waals surface area contributed by atoms with E-state index in [0.717, 1.165) is 43.7 Å². The molecule has 0 radical (unpaired) electrons. The summed E-state index contributed by atoms with van der Waals surface area (Å²) in [7, 11) is 2.03. The molecule has 19 heavy (non-hydrogen) atoms. The number of ketones is 1. The smallest absolute Gasteiger partial charge is 0.177 e. The fourth-order valence-corrected chi connectivity index (χ4v) is 2.65. The van der Waals surface area contributed by atoms with Gasteiger partial charge in [0.15, 0.2) is 5.78 Å². The number of carbonyl (C=O) groups excluding carboxylic acids is 1. The Morgan fingerprint density at radius 1 is 1.32 bits per heavy atom. The summed E-state index contributed by atoms with van der Waals surface area (Å²) in [4.78, 5) is 14.4. The van der Waals surface area contributed by atoms with E-state index in [9.17, 15) is 4.79 Å². The fourth-order valence-electron chi connectivity index (χ4n) is 2.65. The van der Waals surface area contributed by atoms with Crippen LogP contribution >= 0.6 is 0 Å². The maximum Gasteiger partial charge on any atom is 0.177 e. The molecule has 0 aromatic heterocycles. The summed E-state index contributed by atoms with van der Waals surface area (Å²) >= 11 is 0. The molecule has 104 valence electrons. The molecule has 1 fully saturated rings. The van der Waals surface area contributed by atoms with Crippen LogP contribution in [0.4, 0.5) is 0 Å². The van der Waals surface area contributed by atoms with Gasteiger partial charge in [0.25, 0.3) is 0 Å². The van der Waals surface area contributed by atoms with E-state index in [1.165, 1.54) is 0 Å². The van der Waals surface area contributed by atoms with Crippen molar-refractivity contribution in [2.45, 2.75) is 19.8 Å². The van der Waals surface area contributed by atoms with Gasteiger partial charge in [0.2, 0.25) is 0 Å². The number of aryl methyl sites for hydroxylation is 1. The maximum absolute atomic E-state index is 12.3. The highest BCUT2D eigenvalue weighted by atomic mass is 16.5. The van der Waals surface area contributed by atoms with Gasteiger partial charge in [-0.05, 0) is 38.3 Å². The zero-order chi connectivity index (χ0) is 13.7. The van der Waals surface area contributed by atoms with Crippen LogP contribution in [0.15, 0.2) is 24.3 Å². The molecule has 1 aliphatic rings. The van der Waals surface area contributed by atoms with Crippen molar-refractivity contribution >= 4 is 5.78 Å². The molecule has 0 amide bonds. The van der Waals surface area contributed by atoms with Crippen LogP contribution in [0.3, 0.4) is 0 Å².